The van der Waals surface area contributed by atoms with E-state index in [9.17, 15) is 4.39 Å². The minimum absolute atomic E-state index is 0.136. The molecule has 2 aliphatic heterocycles. The third-order valence-electron chi connectivity index (χ3n) is 6.29. The van der Waals surface area contributed by atoms with Crippen molar-refractivity contribution in [3.8, 4) is 11.4 Å². The van der Waals surface area contributed by atoms with Gasteiger partial charge in [0.2, 0.25) is 0 Å². The van der Waals surface area contributed by atoms with E-state index in [1.807, 2.05) is 31.2 Å². The number of hydrogen-bond acceptors (Lipinski definition) is 6. The molecule has 0 amide bonds. The molecule has 9 heteroatoms. The fourth-order valence-electron chi connectivity index (χ4n) is 4.63. The van der Waals surface area contributed by atoms with Crippen molar-refractivity contribution in [3.63, 3.8) is 0 Å². The summed E-state index contributed by atoms with van der Waals surface area (Å²) in [5.74, 6) is 2.34. The topological polar surface area (TPSA) is 59.3 Å². The number of piperazine rings is 1. The van der Waals surface area contributed by atoms with Gasteiger partial charge >= 0.3 is 0 Å². The van der Waals surface area contributed by atoms with Crippen molar-refractivity contribution in [1.29, 1.82) is 0 Å². The Morgan fingerprint density at radius 1 is 1.12 bits per heavy atom. The third-order valence-corrected chi connectivity index (χ3v) is 6.62. The van der Waals surface area contributed by atoms with Crippen LogP contribution < -0.4 is 4.90 Å². The van der Waals surface area contributed by atoms with Crippen molar-refractivity contribution in [2.75, 3.05) is 50.9 Å². The molecule has 0 N–H and O–H groups in total. The summed E-state index contributed by atoms with van der Waals surface area (Å²) in [6.45, 7) is 6.74. The highest BCUT2D eigenvalue weighted by Crippen LogP contribution is 2.34. The lowest BCUT2D eigenvalue weighted by molar-refractivity contribution is 0.0981. The van der Waals surface area contributed by atoms with E-state index in [0.717, 1.165) is 74.0 Å². The normalized spacial score (nSPS) is 19.8. The van der Waals surface area contributed by atoms with Crippen LogP contribution >= 0.6 is 11.6 Å². The molecule has 0 radical (unpaired) electrons. The Hall–Kier alpha value is -2.29. The number of fused-ring (bicyclic) bond motifs is 1. The van der Waals surface area contributed by atoms with Crippen LogP contribution in [0.2, 0.25) is 5.02 Å². The molecule has 5 rings (SSSR count). The lowest BCUT2D eigenvalue weighted by Gasteiger charge is -2.34. The number of rotatable bonds is 6. The van der Waals surface area contributed by atoms with Crippen LogP contribution in [-0.4, -0.2) is 76.5 Å². The number of hydrogen-bond donors (Lipinski definition) is 0. The van der Waals surface area contributed by atoms with Gasteiger partial charge in [-0.25, -0.2) is 19.3 Å². The molecular formula is C23H28ClFN6O. The second-order valence-electron chi connectivity index (χ2n) is 8.45. The Labute approximate surface area is 192 Å². The molecule has 32 heavy (non-hydrogen) atoms. The predicted octanol–water partition coefficient (Wildman–Crippen LogP) is 3.73. The van der Waals surface area contributed by atoms with E-state index in [2.05, 4.69) is 14.4 Å². The predicted molar refractivity (Wildman–Crippen MR) is 124 cm³/mol. The van der Waals surface area contributed by atoms with E-state index in [0.29, 0.717) is 23.9 Å². The highest BCUT2D eigenvalue weighted by Gasteiger charge is 2.27. The van der Waals surface area contributed by atoms with E-state index in [1.165, 1.54) is 0 Å². The molecule has 1 aromatic carbocycles. The average Bonchev–Trinajstić information content (AvgIpc) is 3.43. The Morgan fingerprint density at radius 3 is 2.66 bits per heavy atom. The first-order chi connectivity index (χ1) is 15.6. The van der Waals surface area contributed by atoms with Crippen LogP contribution in [0, 0.1) is 6.92 Å². The summed E-state index contributed by atoms with van der Waals surface area (Å²) in [5.41, 5.74) is 2.47. The van der Waals surface area contributed by atoms with Crippen LogP contribution in [0.15, 0.2) is 24.3 Å². The first kappa shape index (κ1) is 21.6. The number of imidazole rings is 1. The number of halogens is 2. The van der Waals surface area contributed by atoms with E-state index in [4.69, 9.17) is 31.3 Å². The monoisotopic (exact) mass is 458 g/mol. The summed E-state index contributed by atoms with van der Waals surface area (Å²) in [4.78, 5) is 19.0. The first-order valence-corrected chi connectivity index (χ1v) is 11.7. The molecule has 2 aliphatic rings. The van der Waals surface area contributed by atoms with Gasteiger partial charge in [0.15, 0.2) is 17.0 Å². The lowest BCUT2D eigenvalue weighted by atomic mass is 10.2. The van der Waals surface area contributed by atoms with Crippen molar-refractivity contribution in [1.82, 2.24) is 24.4 Å². The molecular weight excluding hydrogens is 431 g/mol. The van der Waals surface area contributed by atoms with Gasteiger partial charge in [-0.05, 0) is 31.9 Å². The third kappa shape index (κ3) is 4.19. The van der Waals surface area contributed by atoms with Gasteiger partial charge in [-0.2, -0.15) is 0 Å². The van der Waals surface area contributed by atoms with Crippen molar-refractivity contribution in [2.24, 2.45) is 0 Å². The Balaban J connectivity index is 1.60. The van der Waals surface area contributed by atoms with Crippen molar-refractivity contribution >= 4 is 28.6 Å². The molecule has 1 atom stereocenters. The fraction of sp³-hybridized carbons (Fsp3) is 0.522. The number of alkyl halides is 1. The van der Waals surface area contributed by atoms with Gasteiger partial charge in [0.05, 0.1) is 17.7 Å². The maximum atomic E-state index is 12.8. The maximum Gasteiger partial charge on any atom is 0.166 e. The standard InChI is InChI=1S/C23H28ClFN6O/c1-16-26-22(30-12-10-29(9-8-25)11-13-30)20-23(27-16)31(15-17-5-4-14-32-17)21(28-20)18-6-2-3-7-19(18)24/h2-3,6-7,17H,4-5,8-15H2,1H3/t17-/m1/s1. The summed E-state index contributed by atoms with van der Waals surface area (Å²) in [5, 5.41) is 0.655. The average molecular weight is 459 g/mol. The van der Waals surface area contributed by atoms with E-state index >= 15 is 0 Å². The molecule has 170 valence electrons. The molecule has 3 aromatic rings. The van der Waals surface area contributed by atoms with Crippen LogP contribution in [0.1, 0.15) is 18.7 Å². The largest absolute Gasteiger partial charge is 0.376 e. The quantitative estimate of drug-likeness (QED) is 0.561. The number of aryl methyl sites for hydroxylation is 1. The molecule has 0 spiro atoms. The van der Waals surface area contributed by atoms with Crippen molar-refractivity contribution in [3.05, 3.63) is 35.1 Å². The van der Waals surface area contributed by atoms with Gasteiger partial charge in [-0.3, -0.25) is 4.90 Å². The van der Waals surface area contributed by atoms with E-state index in [-0.39, 0.29) is 12.8 Å². The molecule has 2 fully saturated rings. The molecule has 2 saturated heterocycles. The van der Waals surface area contributed by atoms with E-state index in [1.54, 1.807) is 0 Å². The Kier molecular flexibility index (Phi) is 6.26. The van der Waals surface area contributed by atoms with Gasteiger partial charge in [0, 0.05) is 44.9 Å². The van der Waals surface area contributed by atoms with Gasteiger partial charge in [0.25, 0.3) is 0 Å². The molecule has 7 nitrogen and oxygen atoms in total. The minimum Gasteiger partial charge on any atom is -0.376 e. The number of benzene rings is 1. The Bertz CT molecular complexity index is 1090. The van der Waals surface area contributed by atoms with Gasteiger partial charge < -0.3 is 14.2 Å². The summed E-state index contributed by atoms with van der Waals surface area (Å²) in [6, 6.07) is 7.77. The van der Waals surface area contributed by atoms with Crippen LogP contribution in [0.25, 0.3) is 22.6 Å². The maximum absolute atomic E-state index is 12.8. The zero-order valence-electron chi connectivity index (χ0n) is 18.3. The molecule has 0 bridgehead atoms. The molecule has 4 heterocycles. The molecule has 0 saturated carbocycles. The summed E-state index contributed by atoms with van der Waals surface area (Å²) in [7, 11) is 0. The number of ether oxygens (including phenoxy) is 1. The van der Waals surface area contributed by atoms with Crippen molar-refractivity contribution in [2.45, 2.75) is 32.4 Å². The zero-order valence-corrected chi connectivity index (χ0v) is 19.1. The second-order valence-corrected chi connectivity index (χ2v) is 8.85. The van der Waals surface area contributed by atoms with Crippen LogP contribution in [-0.2, 0) is 11.3 Å². The summed E-state index contributed by atoms with van der Waals surface area (Å²) < 4.78 is 20.8. The molecule has 0 aliphatic carbocycles. The second kappa shape index (κ2) is 9.29. The SMILES string of the molecule is Cc1nc(N2CCN(CCF)CC2)c2nc(-c3ccccc3Cl)n(C[C@H]3CCCO3)c2n1. The Morgan fingerprint density at radius 2 is 1.94 bits per heavy atom. The molecule has 2 aromatic heterocycles. The highest BCUT2D eigenvalue weighted by atomic mass is 35.5. The number of aromatic nitrogens is 4. The smallest absolute Gasteiger partial charge is 0.166 e. The minimum atomic E-state index is -0.314. The van der Waals surface area contributed by atoms with Gasteiger partial charge in [-0.15, -0.1) is 0 Å². The van der Waals surface area contributed by atoms with E-state index < -0.39 is 0 Å². The molecule has 0 unspecified atom stereocenters. The van der Waals surface area contributed by atoms with Crippen LogP contribution in [0.5, 0.6) is 0 Å². The number of anilines is 1. The first-order valence-electron chi connectivity index (χ1n) is 11.3. The van der Waals surface area contributed by atoms with Crippen LogP contribution in [0.3, 0.4) is 0 Å². The summed E-state index contributed by atoms with van der Waals surface area (Å²) >= 11 is 6.57. The zero-order chi connectivity index (χ0) is 22.1. The fourth-order valence-corrected chi connectivity index (χ4v) is 4.85. The highest BCUT2D eigenvalue weighted by molar-refractivity contribution is 6.33. The van der Waals surface area contributed by atoms with Gasteiger partial charge in [-0.1, -0.05) is 23.7 Å². The van der Waals surface area contributed by atoms with Crippen molar-refractivity contribution < 1.29 is 9.13 Å². The van der Waals surface area contributed by atoms with Crippen LogP contribution in [0.4, 0.5) is 10.2 Å². The lowest BCUT2D eigenvalue weighted by Crippen LogP contribution is -2.47. The van der Waals surface area contributed by atoms with Gasteiger partial charge in [0.1, 0.15) is 18.3 Å². The number of nitrogens with zero attached hydrogens (tertiary/aromatic N) is 6. The summed E-state index contributed by atoms with van der Waals surface area (Å²) in [6.07, 6.45) is 2.23.